The molecule has 0 aliphatic carbocycles. The highest BCUT2D eigenvalue weighted by Crippen LogP contribution is 2.23. The van der Waals surface area contributed by atoms with E-state index in [2.05, 4.69) is 9.97 Å². The summed E-state index contributed by atoms with van der Waals surface area (Å²) in [5.74, 6) is 0.365. The maximum absolute atomic E-state index is 12.3. The van der Waals surface area contributed by atoms with Crippen molar-refractivity contribution >= 4 is 40.0 Å². The summed E-state index contributed by atoms with van der Waals surface area (Å²) in [5, 5.41) is 0. The Morgan fingerprint density at radius 3 is 2.62 bits per heavy atom. The van der Waals surface area contributed by atoms with Gasteiger partial charge in [-0.15, -0.1) is 11.6 Å². The number of anilines is 1. The van der Waals surface area contributed by atoms with Gasteiger partial charge in [-0.2, -0.15) is 13.2 Å². The highest BCUT2D eigenvalue weighted by Gasteiger charge is 2.31. The van der Waals surface area contributed by atoms with Crippen LogP contribution >= 0.6 is 34.2 Å². The number of halogens is 5. The van der Waals surface area contributed by atoms with E-state index >= 15 is 0 Å². The standard InChI is InChI=1S/C8H8ClF3IN3/c9-1-2-16(4-8(10,11)12)7-6(13)3-14-5-15-7/h3,5H,1-2,4H2. The number of rotatable bonds is 4. The Morgan fingerprint density at radius 2 is 2.12 bits per heavy atom. The van der Waals surface area contributed by atoms with Crippen LogP contribution in [-0.4, -0.2) is 35.1 Å². The molecule has 0 aliphatic rings. The van der Waals surface area contributed by atoms with Gasteiger partial charge < -0.3 is 4.90 Å². The van der Waals surface area contributed by atoms with Crippen LogP contribution in [0.1, 0.15) is 0 Å². The van der Waals surface area contributed by atoms with Crippen molar-refractivity contribution in [3.8, 4) is 0 Å². The summed E-state index contributed by atoms with van der Waals surface area (Å²) < 4.78 is 37.5. The first-order chi connectivity index (χ1) is 7.44. The molecule has 0 unspecified atom stereocenters. The van der Waals surface area contributed by atoms with Gasteiger partial charge in [0.05, 0.1) is 3.57 Å². The highest BCUT2D eigenvalue weighted by molar-refractivity contribution is 14.1. The van der Waals surface area contributed by atoms with Gasteiger partial charge in [-0.05, 0) is 22.6 Å². The first kappa shape index (κ1) is 13.8. The highest BCUT2D eigenvalue weighted by atomic mass is 127. The normalized spacial score (nSPS) is 11.6. The quantitative estimate of drug-likeness (QED) is 0.607. The Morgan fingerprint density at radius 1 is 1.44 bits per heavy atom. The Balaban J connectivity index is 2.89. The lowest BCUT2D eigenvalue weighted by molar-refractivity contribution is -0.119. The van der Waals surface area contributed by atoms with Gasteiger partial charge in [0.15, 0.2) is 0 Å². The van der Waals surface area contributed by atoms with E-state index in [-0.39, 0.29) is 18.2 Å². The van der Waals surface area contributed by atoms with E-state index in [0.29, 0.717) is 3.57 Å². The maximum atomic E-state index is 12.3. The van der Waals surface area contributed by atoms with Crippen molar-refractivity contribution in [3.05, 3.63) is 16.1 Å². The minimum absolute atomic E-state index is 0.0913. The number of aromatic nitrogens is 2. The predicted molar refractivity (Wildman–Crippen MR) is 63.7 cm³/mol. The van der Waals surface area contributed by atoms with Gasteiger partial charge in [-0.3, -0.25) is 0 Å². The van der Waals surface area contributed by atoms with Gasteiger partial charge >= 0.3 is 6.18 Å². The largest absolute Gasteiger partial charge is 0.405 e. The fourth-order valence-electron chi connectivity index (χ4n) is 1.12. The molecule has 0 saturated carbocycles. The Bertz CT molecular complexity index is 348. The van der Waals surface area contributed by atoms with Crippen LogP contribution in [0.5, 0.6) is 0 Å². The lowest BCUT2D eigenvalue weighted by Crippen LogP contribution is -2.36. The van der Waals surface area contributed by atoms with Crippen molar-refractivity contribution in [2.75, 3.05) is 23.9 Å². The third-order valence-corrected chi connectivity index (χ3v) is 2.60. The molecule has 1 heterocycles. The summed E-state index contributed by atoms with van der Waals surface area (Å²) in [7, 11) is 0. The van der Waals surface area contributed by atoms with Gasteiger partial charge in [0.2, 0.25) is 0 Å². The van der Waals surface area contributed by atoms with Crippen molar-refractivity contribution < 1.29 is 13.2 Å². The maximum Gasteiger partial charge on any atom is 0.405 e. The van der Waals surface area contributed by atoms with Gasteiger partial charge in [-0.1, -0.05) is 0 Å². The number of hydrogen-bond acceptors (Lipinski definition) is 3. The van der Waals surface area contributed by atoms with E-state index in [1.165, 1.54) is 12.5 Å². The second-order valence-electron chi connectivity index (χ2n) is 2.92. The zero-order valence-electron chi connectivity index (χ0n) is 8.01. The van der Waals surface area contributed by atoms with Gasteiger partial charge in [-0.25, -0.2) is 9.97 Å². The Labute approximate surface area is 109 Å². The third kappa shape index (κ3) is 4.28. The molecule has 0 N–H and O–H groups in total. The molecule has 1 aromatic rings. The monoisotopic (exact) mass is 365 g/mol. The number of hydrogen-bond donors (Lipinski definition) is 0. The molecule has 0 bridgehead atoms. The third-order valence-electron chi connectivity index (χ3n) is 1.67. The van der Waals surface area contributed by atoms with E-state index < -0.39 is 12.7 Å². The summed E-state index contributed by atoms with van der Waals surface area (Å²) in [6.07, 6.45) is -1.60. The minimum atomic E-state index is -4.28. The molecule has 0 amide bonds. The van der Waals surface area contributed by atoms with Crippen LogP contribution in [-0.2, 0) is 0 Å². The van der Waals surface area contributed by atoms with Crippen molar-refractivity contribution in [3.63, 3.8) is 0 Å². The zero-order chi connectivity index (χ0) is 12.2. The van der Waals surface area contributed by atoms with Crippen LogP contribution in [0.3, 0.4) is 0 Å². The average Bonchev–Trinajstić information content (AvgIpc) is 2.16. The smallest absolute Gasteiger partial charge is 0.345 e. The van der Waals surface area contributed by atoms with Crippen LogP contribution in [0.25, 0.3) is 0 Å². The van der Waals surface area contributed by atoms with E-state index in [4.69, 9.17) is 11.6 Å². The van der Waals surface area contributed by atoms with E-state index in [1.54, 1.807) is 0 Å². The molecule has 0 radical (unpaired) electrons. The van der Waals surface area contributed by atoms with Crippen LogP contribution in [0.4, 0.5) is 19.0 Å². The average molecular weight is 366 g/mol. The van der Waals surface area contributed by atoms with Crippen LogP contribution in [0.15, 0.2) is 12.5 Å². The van der Waals surface area contributed by atoms with Gasteiger partial charge in [0.1, 0.15) is 18.7 Å². The molecule has 1 rings (SSSR count). The molecular weight excluding hydrogens is 357 g/mol. The van der Waals surface area contributed by atoms with E-state index in [1.807, 2.05) is 22.6 Å². The molecule has 0 fully saturated rings. The number of nitrogens with zero attached hydrogens (tertiary/aromatic N) is 3. The summed E-state index contributed by atoms with van der Waals surface area (Å²) in [6.45, 7) is -0.971. The molecule has 0 atom stereocenters. The summed E-state index contributed by atoms with van der Waals surface area (Å²) in [5.41, 5.74) is 0. The summed E-state index contributed by atoms with van der Waals surface area (Å²) >= 11 is 7.36. The molecule has 0 aliphatic heterocycles. The molecule has 16 heavy (non-hydrogen) atoms. The first-order valence-electron chi connectivity index (χ1n) is 4.27. The number of alkyl halides is 4. The van der Waals surface area contributed by atoms with Crippen LogP contribution in [0, 0.1) is 3.57 Å². The van der Waals surface area contributed by atoms with Crippen LogP contribution < -0.4 is 4.90 Å². The van der Waals surface area contributed by atoms with Gasteiger partial charge in [0, 0.05) is 18.6 Å². The molecule has 0 spiro atoms. The van der Waals surface area contributed by atoms with Crippen molar-refractivity contribution in [2.45, 2.75) is 6.18 Å². The van der Waals surface area contributed by atoms with E-state index in [0.717, 1.165) is 4.90 Å². The van der Waals surface area contributed by atoms with Gasteiger partial charge in [0.25, 0.3) is 0 Å². The van der Waals surface area contributed by atoms with Crippen molar-refractivity contribution in [1.82, 2.24) is 9.97 Å². The molecule has 0 saturated heterocycles. The lowest BCUT2D eigenvalue weighted by Gasteiger charge is -2.24. The summed E-state index contributed by atoms with van der Waals surface area (Å²) in [4.78, 5) is 8.65. The first-order valence-corrected chi connectivity index (χ1v) is 5.88. The second kappa shape index (κ2) is 5.85. The zero-order valence-corrected chi connectivity index (χ0v) is 10.9. The fraction of sp³-hybridized carbons (Fsp3) is 0.500. The topological polar surface area (TPSA) is 29.0 Å². The molecule has 8 heteroatoms. The van der Waals surface area contributed by atoms with E-state index in [9.17, 15) is 13.2 Å². The molecule has 0 aromatic carbocycles. The molecule has 1 aromatic heterocycles. The predicted octanol–water partition coefficient (Wildman–Crippen LogP) is 2.69. The fourth-order valence-corrected chi connectivity index (χ4v) is 1.96. The Kier molecular flexibility index (Phi) is 5.03. The lowest BCUT2D eigenvalue weighted by atomic mass is 10.4. The van der Waals surface area contributed by atoms with Crippen molar-refractivity contribution in [2.24, 2.45) is 0 Å². The molecule has 3 nitrogen and oxygen atoms in total. The summed E-state index contributed by atoms with van der Waals surface area (Å²) in [6, 6.07) is 0. The van der Waals surface area contributed by atoms with Crippen LogP contribution in [0.2, 0.25) is 0 Å². The molecule has 90 valence electrons. The SMILES string of the molecule is FC(F)(F)CN(CCCl)c1ncncc1I. The second-order valence-corrected chi connectivity index (χ2v) is 4.46. The molecular formula is C8H8ClF3IN3. The van der Waals surface area contributed by atoms with Crippen molar-refractivity contribution in [1.29, 1.82) is 0 Å². The minimum Gasteiger partial charge on any atom is -0.345 e. The Hall–Kier alpha value is -0.310.